The van der Waals surface area contributed by atoms with Crippen LogP contribution >= 0.6 is 0 Å². The van der Waals surface area contributed by atoms with Gasteiger partial charge in [-0.25, -0.2) is 13.2 Å². The molecule has 2 atom stereocenters. The smallest absolute Gasteiger partial charge is 0.870 e. The largest absolute Gasteiger partial charge is 2.00 e. The molecule has 0 amide bonds. The van der Waals surface area contributed by atoms with Crippen LogP contribution in [0.15, 0.2) is 11.5 Å². The summed E-state index contributed by atoms with van der Waals surface area (Å²) >= 11 is 0. The molecule has 0 saturated heterocycles. The molecule has 0 spiro atoms. The van der Waals surface area contributed by atoms with Gasteiger partial charge in [-0.3, -0.25) is 0 Å². The number of carbonyl (C=O) groups is 1. The molecule has 0 fully saturated rings. The van der Waals surface area contributed by atoms with Crippen LogP contribution in [0.1, 0.15) is 0 Å². The molecule has 17 heavy (non-hydrogen) atoms. The fourth-order valence-corrected chi connectivity index (χ4v) is 1.33. The van der Waals surface area contributed by atoms with Crippen LogP contribution < -0.4 is 5.11 Å². The Hall–Kier alpha value is -0.594. The van der Waals surface area contributed by atoms with Gasteiger partial charge in [-0.1, -0.05) is 0 Å². The van der Waals surface area contributed by atoms with Gasteiger partial charge in [-0.2, -0.15) is 0 Å². The number of aliphatic hydroxyl groups is 2. The molecule has 1 rings (SSSR count). The molecular formula is C6H6MgO9S. The maximum absolute atomic E-state index is 11.2. The van der Waals surface area contributed by atoms with Crippen LogP contribution in [0.5, 0.6) is 0 Å². The van der Waals surface area contributed by atoms with Crippen molar-refractivity contribution in [1.29, 1.82) is 0 Å². The zero-order valence-corrected chi connectivity index (χ0v) is 10.5. The third-order valence-corrected chi connectivity index (χ3v) is 1.99. The van der Waals surface area contributed by atoms with E-state index < -0.39 is 46.7 Å². The van der Waals surface area contributed by atoms with Crippen LogP contribution in [0.2, 0.25) is 0 Å². The van der Waals surface area contributed by atoms with E-state index in [9.17, 15) is 22.9 Å². The maximum Gasteiger partial charge on any atom is 2.00 e. The number of aliphatic hydroxyl groups excluding tert-OH is 2. The molecule has 0 bridgehead atoms. The van der Waals surface area contributed by atoms with Crippen molar-refractivity contribution in [2.75, 3.05) is 6.61 Å². The number of hydrogen-bond acceptors (Lipinski definition) is 9. The van der Waals surface area contributed by atoms with Gasteiger partial charge in [0.15, 0.2) is 0 Å². The second kappa shape index (κ2) is 5.84. The fraction of sp³-hybridized carbons (Fsp3) is 0.500. The van der Waals surface area contributed by atoms with Gasteiger partial charge in [-0.05, 0) is 5.76 Å². The molecule has 0 aliphatic carbocycles. The van der Waals surface area contributed by atoms with E-state index in [1.807, 2.05) is 0 Å². The molecule has 0 saturated carbocycles. The zero-order chi connectivity index (χ0) is 12.5. The number of rotatable bonds is 4. The normalized spacial score (nSPS) is 21.8. The molecule has 11 heteroatoms. The van der Waals surface area contributed by atoms with E-state index in [0.29, 0.717) is 0 Å². The van der Waals surface area contributed by atoms with E-state index in [-0.39, 0.29) is 23.1 Å². The molecule has 1 aliphatic rings. The van der Waals surface area contributed by atoms with Crippen LogP contribution in [0, 0.1) is 0 Å². The van der Waals surface area contributed by atoms with Crippen LogP contribution in [0.3, 0.4) is 0 Å². The van der Waals surface area contributed by atoms with Crippen LogP contribution in [0.4, 0.5) is 0 Å². The maximum atomic E-state index is 11.2. The van der Waals surface area contributed by atoms with E-state index in [1.54, 1.807) is 0 Å². The first-order valence-corrected chi connectivity index (χ1v) is 5.16. The first-order chi connectivity index (χ1) is 7.26. The van der Waals surface area contributed by atoms with E-state index >= 15 is 0 Å². The Labute approximate surface area is 112 Å². The van der Waals surface area contributed by atoms with Crippen molar-refractivity contribution in [3.63, 3.8) is 0 Å². The summed E-state index contributed by atoms with van der Waals surface area (Å²) in [6.07, 6.45) is -3.49. The molecule has 0 radical (unpaired) electrons. The Morgan fingerprint density at radius 2 is 2.06 bits per heavy atom. The average Bonchev–Trinajstić information content (AvgIpc) is 2.42. The first kappa shape index (κ1) is 16.4. The molecule has 1 heterocycles. The summed E-state index contributed by atoms with van der Waals surface area (Å²) in [4.78, 5) is 10.9. The minimum atomic E-state index is -5.28. The average molecular weight is 278 g/mol. The Kier molecular flexibility index (Phi) is 5.63. The number of carbonyl (C=O) groups excluding carboxylic acids is 1. The predicted octanol–water partition coefficient (Wildman–Crippen LogP) is -4.07. The van der Waals surface area contributed by atoms with Crippen molar-refractivity contribution in [1.82, 2.24) is 0 Å². The molecule has 0 aromatic heterocycles. The van der Waals surface area contributed by atoms with Crippen LogP contribution in [-0.2, 0) is 24.1 Å². The van der Waals surface area contributed by atoms with E-state index in [0.717, 1.165) is 0 Å². The Balaban J connectivity index is 0.00000256. The van der Waals surface area contributed by atoms with Gasteiger partial charge in [-0.15, -0.1) is 0 Å². The molecule has 92 valence electrons. The second-order valence-electron chi connectivity index (χ2n) is 2.76. The Bertz CT molecular complexity index is 427. The van der Waals surface area contributed by atoms with E-state index in [4.69, 9.17) is 10.2 Å². The summed E-state index contributed by atoms with van der Waals surface area (Å²) in [5.41, 5.74) is 0. The van der Waals surface area contributed by atoms with Gasteiger partial charge < -0.3 is 28.8 Å². The van der Waals surface area contributed by atoms with Gasteiger partial charge in [0.25, 0.3) is 10.4 Å². The summed E-state index contributed by atoms with van der Waals surface area (Å²) < 4.78 is 38.2. The van der Waals surface area contributed by atoms with Crippen molar-refractivity contribution in [3.05, 3.63) is 11.5 Å². The monoisotopic (exact) mass is 278 g/mol. The van der Waals surface area contributed by atoms with E-state index in [2.05, 4.69) is 8.92 Å². The van der Waals surface area contributed by atoms with Gasteiger partial charge >= 0.3 is 29.0 Å². The predicted molar refractivity (Wildman–Crippen MR) is 46.5 cm³/mol. The topological polar surface area (TPSA) is 156 Å². The number of cyclic esters (lactones) is 1. The number of esters is 1. The fourth-order valence-electron chi connectivity index (χ4n) is 0.978. The number of ether oxygens (including phenoxy) is 1. The van der Waals surface area contributed by atoms with Crippen molar-refractivity contribution in [3.8, 4) is 0 Å². The molecule has 0 aromatic carbocycles. The second-order valence-corrected chi connectivity index (χ2v) is 3.74. The standard InChI is InChI=1S/C6H8O9S.Mg/c7-1-2(8)4-3(9)5(6(10)14-4)15-16(11,12)13;/h2,4,7-9H,1H2,(H,11,12,13);/q;+2/p-2/t2-,4+;/m0./s1. The van der Waals surface area contributed by atoms with Crippen molar-refractivity contribution >= 4 is 39.4 Å². The zero-order valence-electron chi connectivity index (χ0n) is 8.23. The van der Waals surface area contributed by atoms with Crippen molar-refractivity contribution in [2.45, 2.75) is 12.2 Å². The summed E-state index contributed by atoms with van der Waals surface area (Å²) in [6, 6.07) is 0. The van der Waals surface area contributed by atoms with Gasteiger partial charge in [0, 0.05) is 0 Å². The van der Waals surface area contributed by atoms with Gasteiger partial charge in [0.05, 0.1) is 6.61 Å². The van der Waals surface area contributed by atoms with Gasteiger partial charge in [0.1, 0.15) is 12.2 Å². The summed E-state index contributed by atoms with van der Waals surface area (Å²) in [7, 11) is -5.28. The molecule has 1 aliphatic heterocycles. The Morgan fingerprint density at radius 1 is 1.53 bits per heavy atom. The van der Waals surface area contributed by atoms with E-state index in [1.165, 1.54) is 0 Å². The third kappa shape index (κ3) is 3.97. The third-order valence-electron chi connectivity index (χ3n) is 1.62. The summed E-state index contributed by atoms with van der Waals surface area (Å²) in [6.45, 7) is -0.888. The first-order valence-electron chi connectivity index (χ1n) is 3.82. The molecule has 0 unspecified atom stereocenters. The Morgan fingerprint density at radius 3 is 2.47 bits per heavy atom. The summed E-state index contributed by atoms with van der Waals surface area (Å²) in [5, 5.41) is 28.7. The summed E-state index contributed by atoms with van der Waals surface area (Å²) in [5.74, 6) is -4.12. The minimum Gasteiger partial charge on any atom is -0.870 e. The molecule has 9 nitrogen and oxygen atoms in total. The molecule has 2 N–H and O–H groups in total. The quantitative estimate of drug-likeness (QED) is 0.226. The van der Waals surface area contributed by atoms with Crippen LogP contribution in [0.25, 0.3) is 0 Å². The number of hydrogen-bond donors (Lipinski definition) is 2. The van der Waals surface area contributed by atoms with Crippen molar-refractivity contribution < 1.29 is 42.0 Å². The van der Waals surface area contributed by atoms with Crippen molar-refractivity contribution in [2.24, 2.45) is 0 Å². The minimum absolute atomic E-state index is 0. The van der Waals surface area contributed by atoms with Crippen LogP contribution in [-0.4, -0.2) is 71.0 Å². The van der Waals surface area contributed by atoms with Gasteiger partial charge in [0.2, 0.25) is 5.76 Å². The molecule has 0 aromatic rings. The SMILES string of the molecule is O=C1O[C@H]([C@@H](O)CO)C([O-])=C1OS(=O)(=O)[O-].[Mg+2]. The molecular weight excluding hydrogens is 272 g/mol.